The van der Waals surface area contributed by atoms with Crippen molar-refractivity contribution in [2.75, 3.05) is 0 Å². The summed E-state index contributed by atoms with van der Waals surface area (Å²) in [5.74, 6) is 0.851. The Bertz CT molecular complexity index is 540. The predicted octanol–water partition coefficient (Wildman–Crippen LogP) is 3.03. The summed E-state index contributed by atoms with van der Waals surface area (Å²) in [6, 6.07) is 6.13. The minimum atomic E-state index is -0.0906. The van der Waals surface area contributed by atoms with Crippen molar-refractivity contribution < 1.29 is 0 Å². The van der Waals surface area contributed by atoms with Gasteiger partial charge in [0.25, 0.3) is 0 Å². The largest absolute Gasteiger partial charge is 0.196 e. The van der Waals surface area contributed by atoms with Gasteiger partial charge in [-0.15, -0.1) is 5.10 Å². The summed E-state index contributed by atoms with van der Waals surface area (Å²) in [5.41, 5.74) is 2.06. The van der Waals surface area contributed by atoms with Gasteiger partial charge < -0.3 is 0 Å². The van der Waals surface area contributed by atoms with Gasteiger partial charge in [0, 0.05) is 9.89 Å². The van der Waals surface area contributed by atoms with E-state index in [1.54, 1.807) is 4.68 Å². The second-order valence-electron chi connectivity index (χ2n) is 5.12. The number of hydrogen-bond acceptors (Lipinski definition) is 3. The third kappa shape index (κ3) is 2.39. The van der Waals surface area contributed by atoms with Crippen molar-refractivity contribution in [1.29, 1.82) is 0 Å². The Labute approximate surface area is 109 Å². The van der Waals surface area contributed by atoms with Crippen LogP contribution in [0.15, 0.2) is 22.7 Å². The lowest BCUT2D eigenvalue weighted by Crippen LogP contribution is -2.19. The molecule has 0 amide bonds. The van der Waals surface area contributed by atoms with E-state index in [-0.39, 0.29) is 5.41 Å². The average molecular weight is 295 g/mol. The van der Waals surface area contributed by atoms with Crippen molar-refractivity contribution >= 4 is 15.9 Å². The monoisotopic (exact) mass is 294 g/mol. The molecule has 2 aromatic rings. The smallest absolute Gasteiger partial charge is 0.162 e. The number of halogens is 1. The molecule has 0 spiro atoms. The summed E-state index contributed by atoms with van der Waals surface area (Å²) in [4.78, 5) is 0. The van der Waals surface area contributed by atoms with E-state index >= 15 is 0 Å². The number of benzene rings is 1. The first-order chi connectivity index (χ1) is 7.89. The lowest BCUT2D eigenvalue weighted by molar-refractivity contribution is 0.525. The Morgan fingerprint density at radius 1 is 1.24 bits per heavy atom. The summed E-state index contributed by atoms with van der Waals surface area (Å²) >= 11 is 3.54. The van der Waals surface area contributed by atoms with E-state index in [1.807, 2.05) is 6.07 Å². The van der Waals surface area contributed by atoms with E-state index in [0.717, 1.165) is 16.0 Å². The Balaban J connectivity index is 2.61. The maximum Gasteiger partial charge on any atom is 0.162 e. The zero-order valence-electron chi connectivity index (χ0n) is 10.4. The topological polar surface area (TPSA) is 43.6 Å². The highest BCUT2D eigenvalue weighted by Crippen LogP contribution is 2.26. The first-order valence-electron chi connectivity index (χ1n) is 5.45. The van der Waals surface area contributed by atoms with Gasteiger partial charge in [-0.3, -0.25) is 0 Å². The maximum absolute atomic E-state index is 4.12. The van der Waals surface area contributed by atoms with Crippen molar-refractivity contribution in [3.05, 3.63) is 34.1 Å². The quantitative estimate of drug-likeness (QED) is 0.812. The number of hydrogen-bond donors (Lipinski definition) is 0. The van der Waals surface area contributed by atoms with Gasteiger partial charge in [-0.2, -0.15) is 4.68 Å². The van der Waals surface area contributed by atoms with Crippen LogP contribution in [0.3, 0.4) is 0 Å². The summed E-state index contributed by atoms with van der Waals surface area (Å²) in [6.07, 6.45) is 0. The molecule has 1 aromatic carbocycles. The summed E-state index contributed by atoms with van der Waals surface area (Å²) in [6.45, 7) is 8.34. The zero-order chi connectivity index (χ0) is 12.6. The van der Waals surface area contributed by atoms with Crippen LogP contribution in [-0.4, -0.2) is 20.2 Å². The van der Waals surface area contributed by atoms with Crippen LogP contribution in [0.25, 0.3) is 5.69 Å². The summed E-state index contributed by atoms with van der Waals surface area (Å²) < 4.78 is 2.78. The number of tetrazole rings is 1. The molecule has 0 fully saturated rings. The molecule has 0 saturated heterocycles. The molecule has 0 aliphatic heterocycles. The Kier molecular flexibility index (Phi) is 3.03. The van der Waals surface area contributed by atoms with Gasteiger partial charge in [0.2, 0.25) is 0 Å². The second kappa shape index (κ2) is 4.22. The van der Waals surface area contributed by atoms with E-state index in [0.29, 0.717) is 0 Å². The molecule has 0 atom stereocenters. The average Bonchev–Trinajstić information content (AvgIpc) is 2.69. The Hall–Kier alpha value is -1.23. The molecule has 17 heavy (non-hydrogen) atoms. The number of aryl methyl sites for hydroxylation is 1. The minimum Gasteiger partial charge on any atom is -0.196 e. The number of aromatic nitrogens is 4. The van der Waals surface area contributed by atoms with E-state index < -0.39 is 0 Å². The fraction of sp³-hybridized carbons (Fsp3) is 0.417. The zero-order valence-corrected chi connectivity index (χ0v) is 12.0. The third-order valence-electron chi connectivity index (χ3n) is 2.47. The highest BCUT2D eigenvalue weighted by atomic mass is 79.9. The minimum absolute atomic E-state index is 0.0906. The molecule has 0 unspecified atom stereocenters. The highest BCUT2D eigenvalue weighted by molar-refractivity contribution is 9.10. The van der Waals surface area contributed by atoms with Crippen LogP contribution >= 0.6 is 15.9 Å². The highest BCUT2D eigenvalue weighted by Gasteiger charge is 2.23. The molecule has 2 rings (SSSR count). The molecular weight excluding hydrogens is 280 g/mol. The predicted molar refractivity (Wildman–Crippen MR) is 70.3 cm³/mol. The lowest BCUT2D eigenvalue weighted by Gasteiger charge is -2.17. The van der Waals surface area contributed by atoms with Crippen molar-refractivity contribution in [2.24, 2.45) is 0 Å². The fourth-order valence-corrected chi connectivity index (χ4v) is 2.02. The van der Waals surface area contributed by atoms with E-state index in [4.69, 9.17) is 0 Å². The molecule has 1 aromatic heterocycles. The Morgan fingerprint density at radius 2 is 1.94 bits per heavy atom. The molecular formula is C12H15BrN4. The number of rotatable bonds is 1. The van der Waals surface area contributed by atoms with Gasteiger partial charge in [-0.1, -0.05) is 26.8 Å². The standard InChI is InChI=1S/C12H15BrN4/c1-8-5-6-9(13)10(7-8)17-11(12(2,3)4)14-15-16-17/h5-7H,1-4H3. The normalized spacial score (nSPS) is 11.8. The molecule has 4 nitrogen and oxygen atoms in total. The van der Waals surface area contributed by atoms with Crippen molar-refractivity contribution in [2.45, 2.75) is 33.1 Å². The lowest BCUT2D eigenvalue weighted by atomic mass is 9.95. The van der Waals surface area contributed by atoms with Gasteiger partial charge in [-0.25, -0.2) is 0 Å². The van der Waals surface area contributed by atoms with Crippen LogP contribution in [0.2, 0.25) is 0 Å². The molecule has 0 bridgehead atoms. The van der Waals surface area contributed by atoms with Gasteiger partial charge in [0.1, 0.15) is 0 Å². The SMILES string of the molecule is Cc1ccc(Br)c(-n2nnnc2C(C)(C)C)c1. The molecule has 5 heteroatoms. The summed E-state index contributed by atoms with van der Waals surface area (Å²) in [5, 5.41) is 12.0. The second-order valence-corrected chi connectivity index (χ2v) is 5.97. The molecule has 0 aliphatic rings. The van der Waals surface area contributed by atoms with Gasteiger partial charge in [0.05, 0.1) is 5.69 Å². The first kappa shape index (κ1) is 12.2. The van der Waals surface area contributed by atoms with E-state index in [9.17, 15) is 0 Å². The Morgan fingerprint density at radius 3 is 2.59 bits per heavy atom. The van der Waals surface area contributed by atoms with Crippen LogP contribution in [0, 0.1) is 6.92 Å². The molecule has 0 N–H and O–H groups in total. The maximum atomic E-state index is 4.12. The molecule has 0 radical (unpaired) electrons. The molecule has 1 heterocycles. The fourth-order valence-electron chi connectivity index (χ4n) is 1.60. The summed E-state index contributed by atoms with van der Waals surface area (Å²) in [7, 11) is 0. The first-order valence-corrected chi connectivity index (χ1v) is 6.24. The van der Waals surface area contributed by atoms with Crippen LogP contribution in [0.5, 0.6) is 0 Å². The van der Waals surface area contributed by atoms with Crippen LogP contribution < -0.4 is 0 Å². The van der Waals surface area contributed by atoms with E-state index in [2.05, 4.69) is 71.3 Å². The van der Waals surface area contributed by atoms with Crippen LogP contribution in [-0.2, 0) is 5.41 Å². The van der Waals surface area contributed by atoms with Crippen LogP contribution in [0.1, 0.15) is 32.2 Å². The van der Waals surface area contributed by atoms with Gasteiger partial charge >= 0.3 is 0 Å². The van der Waals surface area contributed by atoms with Crippen molar-refractivity contribution in [3.8, 4) is 5.69 Å². The third-order valence-corrected chi connectivity index (χ3v) is 3.14. The van der Waals surface area contributed by atoms with Crippen molar-refractivity contribution in [3.63, 3.8) is 0 Å². The van der Waals surface area contributed by atoms with Gasteiger partial charge in [-0.05, 0) is 51.0 Å². The van der Waals surface area contributed by atoms with Crippen molar-refractivity contribution in [1.82, 2.24) is 20.2 Å². The van der Waals surface area contributed by atoms with Gasteiger partial charge in [0.15, 0.2) is 5.82 Å². The number of nitrogens with zero attached hydrogens (tertiary/aromatic N) is 4. The van der Waals surface area contributed by atoms with Crippen LogP contribution in [0.4, 0.5) is 0 Å². The van der Waals surface area contributed by atoms with E-state index in [1.165, 1.54) is 5.56 Å². The molecule has 0 aliphatic carbocycles. The molecule has 90 valence electrons. The molecule has 0 saturated carbocycles.